The summed E-state index contributed by atoms with van der Waals surface area (Å²) in [5.41, 5.74) is 0. The van der Waals surface area contributed by atoms with Gasteiger partial charge in [-0.15, -0.1) is 0 Å². The Hall–Kier alpha value is 0.110. The molecule has 0 aliphatic heterocycles. The zero-order chi connectivity index (χ0) is 8.01. The highest BCUT2D eigenvalue weighted by Gasteiger charge is 2.45. The third-order valence-corrected chi connectivity index (χ3v) is 4.72. The van der Waals surface area contributed by atoms with Crippen molar-refractivity contribution in [2.24, 2.45) is 17.8 Å². The van der Waals surface area contributed by atoms with Crippen LogP contribution in [-0.4, -0.2) is 14.0 Å². The van der Waals surface area contributed by atoms with Gasteiger partial charge < -0.3 is 4.55 Å². The van der Waals surface area contributed by atoms with Crippen molar-refractivity contribution < 1.29 is 8.76 Å². The zero-order valence-corrected chi connectivity index (χ0v) is 7.47. The van der Waals surface area contributed by atoms with E-state index in [0.717, 1.165) is 6.42 Å². The molecule has 2 fully saturated rings. The van der Waals surface area contributed by atoms with Crippen LogP contribution in [0.3, 0.4) is 0 Å². The summed E-state index contributed by atoms with van der Waals surface area (Å²) in [5, 5.41) is -0.0197. The van der Waals surface area contributed by atoms with E-state index in [4.69, 9.17) is 0 Å². The molecule has 0 spiro atoms. The average Bonchev–Trinajstić information content (AvgIpc) is 2.44. The normalized spacial score (nSPS) is 51.5. The van der Waals surface area contributed by atoms with E-state index in [1.54, 1.807) is 0 Å². The average molecular weight is 173 g/mol. The second-order valence-electron chi connectivity index (χ2n) is 3.92. The van der Waals surface area contributed by atoms with Crippen LogP contribution in [0.4, 0.5) is 0 Å². The molecular formula is C8H13O2S-. The smallest absolute Gasteiger partial charge is 0.0272 e. The molecule has 0 N–H and O–H groups in total. The lowest BCUT2D eigenvalue weighted by Gasteiger charge is -2.29. The van der Waals surface area contributed by atoms with Crippen LogP contribution in [0.1, 0.15) is 26.2 Å². The predicted molar refractivity (Wildman–Crippen MR) is 42.7 cm³/mol. The van der Waals surface area contributed by atoms with Gasteiger partial charge in [0.1, 0.15) is 0 Å². The van der Waals surface area contributed by atoms with Gasteiger partial charge in [0.2, 0.25) is 0 Å². The van der Waals surface area contributed by atoms with E-state index in [1.807, 2.05) is 0 Å². The summed E-state index contributed by atoms with van der Waals surface area (Å²) in [6.45, 7) is 2.09. The van der Waals surface area contributed by atoms with Gasteiger partial charge in [-0.3, -0.25) is 4.21 Å². The molecule has 0 saturated heterocycles. The van der Waals surface area contributed by atoms with E-state index in [9.17, 15) is 8.76 Å². The first-order valence-corrected chi connectivity index (χ1v) is 5.42. The monoisotopic (exact) mass is 173 g/mol. The highest BCUT2D eigenvalue weighted by Crippen LogP contribution is 2.49. The number of rotatable bonds is 1. The van der Waals surface area contributed by atoms with E-state index in [-0.39, 0.29) is 5.25 Å². The van der Waals surface area contributed by atoms with Gasteiger partial charge in [0, 0.05) is 5.25 Å². The minimum absolute atomic E-state index is 0.0197. The van der Waals surface area contributed by atoms with Crippen LogP contribution in [0.2, 0.25) is 0 Å². The lowest BCUT2D eigenvalue weighted by Crippen LogP contribution is -2.29. The largest absolute Gasteiger partial charge is 0.772 e. The van der Waals surface area contributed by atoms with Crippen molar-refractivity contribution in [2.75, 3.05) is 0 Å². The first-order valence-electron chi connectivity index (χ1n) is 4.28. The Morgan fingerprint density at radius 2 is 2.00 bits per heavy atom. The molecule has 2 saturated carbocycles. The SMILES string of the molecule is CC1C2CCC(C2)C1S(=O)[O-]. The van der Waals surface area contributed by atoms with Crippen molar-refractivity contribution >= 4 is 11.1 Å². The molecule has 2 nitrogen and oxygen atoms in total. The van der Waals surface area contributed by atoms with Gasteiger partial charge in [-0.1, -0.05) is 18.0 Å². The maximum atomic E-state index is 10.8. The fraction of sp³-hybridized carbons (Fsp3) is 1.00. The number of fused-ring (bicyclic) bond motifs is 2. The van der Waals surface area contributed by atoms with E-state index in [1.165, 1.54) is 12.8 Å². The van der Waals surface area contributed by atoms with Gasteiger partial charge in [0.15, 0.2) is 0 Å². The number of hydrogen-bond acceptors (Lipinski definition) is 2. The van der Waals surface area contributed by atoms with Crippen molar-refractivity contribution in [3.05, 3.63) is 0 Å². The minimum Gasteiger partial charge on any atom is -0.772 e. The molecule has 5 unspecified atom stereocenters. The summed E-state index contributed by atoms with van der Waals surface area (Å²) in [6, 6.07) is 0. The zero-order valence-electron chi connectivity index (χ0n) is 6.66. The Morgan fingerprint density at radius 3 is 2.36 bits per heavy atom. The maximum absolute atomic E-state index is 10.8. The first kappa shape index (κ1) is 7.74. The van der Waals surface area contributed by atoms with Gasteiger partial charge in [-0.2, -0.15) is 0 Å². The summed E-state index contributed by atoms with van der Waals surface area (Å²) in [4.78, 5) is 0. The quantitative estimate of drug-likeness (QED) is 0.561. The van der Waals surface area contributed by atoms with E-state index >= 15 is 0 Å². The van der Waals surface area contributed by atoms with Crippen LogP contribution in [0.25, 0.3) is 0 Å². The Bertz CT molecular complexity index is 191. The molecule has 2 bridgehead atoms. The highest BCUT2D eigenvalue weighted by molar-refractivity contribution is 7.79. The van der Waals surface area contributed by atoms with Crippen molar-refractivity contribution in [2.45, 2.75) is 31.4 Å². The summed E-state index contributed by atoms with van der Waals surface area (Å²) in [5.74, 6) is 1.63. The van der Waals surface area contributed by atoms with Crippen LogP contribution in [0.5, 0.6) is 0 Å². The van der Waals surface area contributed by atoms with Crippen molar-refractivity contribution in [1.29, 1.82) is 0 Å². The fourth-order valence-electron chi connectivity index (χ4n) is 2.86. The molecule has 0 heterocycles. The Morgan fingerprint density at radius 1 is 1.36 bits per heavy atom. The molecule has 2 rings (SSSR count). The van der Waals surface area contributed by atoms with Crippen LogP contribution < -0.4 is 0 Å². The molecular weight excluding hydrogens is 160 g/mol. The van der Waals surface area contributed by atoms with Gasteiger partial charge in [0.25, 0.3) is 0 Å². The van der Waals surface area contributed by atoms with E-state index in [2.05, 4.69) is 6.92 Å². The standard InChI is InChI=1S/C8H14O2S/c1-5-6-2-3-7(4-6)8(5)11(9)10/h5-8H,2-4H2,1H3,(H,9,10)/p-1. The van der Waals surface area contributed by atoms with Crippen molar-refractivity contribution in [3.8, 4) is 0 Å². The predicted octanol–water partition coefficient (Wildman–Crippen LogP) is 1.30. The van der Waals surface area contributed by atoms with Crippen molar-refractivity contribution in [1.82, 2.24) is 0 Å². The third-order valence-electron chi connectivity index (χ3n) is 3.46. The molecule has 0 aromatic carbocycles. The van der Waals surface area contributed by atoms with Crippen LogP contribution >= 0.6 is 0 Å². The van der Waals surface area contributed by atoms with Gasteiger partial charge in [-0.25, -0.2) is 0 Å². The highest BCUT2D eigenvalue weighted by atomic mass is 32.2. The van der Waals surface area contributed by atoms with Gasteiger partial charge in [-0.05, 0) is 37.0 Å². The van der Waals surface area contributed by atoms with E-state index < -0.39 is 11.1 Å². The van der Waals surface area contributed by atoms with Crippen LogP contribution in [-0.2, 0) is 11.1 Å². The second-order valence-corrected chi connectivity index (χ2v) is 4.98. The number of hydrogen-bond donors (Lipinski definition) is 0. The Labute approximate surface area is 69.7 Å². The first-order chi connectivity index (χ1) is 5.20. The van der Waals surface area contributed by atoms with Gasteiger partial charge in [0.05, 0.1) is 0 Å². The molecule has 0 aromatic rings. The molecule has 0 amide bonds. The lowest BCUT2D eigenvalue weighted by atomic mass is 9.90. The summed E-state index contributed by atoms with van der Waals surface area (Å²) in [6.07, 6.45) is 3.58. The van der Waals surface area contributed by atoms with Gasteiger partial charge >= 0.3 is 0 Å². The molecule has 2 aliphatic carbocycles. The molecule has 0 radical (unpaired) electrons. The van der Waals surface area contributed by atoms with Crippen LogP contribution in [0.15, 0.2) is 0 Å². The Kier molecular flexibility index (Phi) is 1.80. The molecule has 64 valence electrons. The van der Waals surface area contributed by atoms with Crippen LogP contribution in [0, 0.1) is 17.8 Å². The molecule has 11 heavy (non-hydrogen) atoms. The molecule has 5 atom stereocenters. The minimum atomic E-state index is -1.82. The third kappa shape index (κ3) is 1.05. The fourth-order valence-corrected chi connectivity index (χ4v) is 3.99. The van der Waals surface area contributed by atoms with Crippen molar-refractivity contribution in [3.63, 3.8) is 0 Å². The topological polar surface area (TPSA) is 40.1 Å². The molecule has 0 aromatic heterocycles. The summed E-state index contributed by atoms with van der Waals surface area (Å²) in [7, 11) is 0. The molecule has 2 aliphatic rings. The maximum Gasteiger partial charge on any atom is 0.0272 e. The Balaban J connectivity index is 2.17. The summed E-state index contributed by atoms with van der Waals surface area (Å²) >= 11 is -1.82. The molecule has 3 heteroatoms. The van der Waals surface area contributed by atoms with E-state index in [0.29, 0.717) is 17.8 Å². The second kappa shape index (κ2) is 2.56. The summed E-state index contributed by atoms with van der Waals surface area (Å²) < 4.78 is 21.6. The lowest BCUT2D eigenvalue weighted by molar-refractivity contribution is 0.351.